The molecular formula is C18H16ClN3O4. The van der Waals surface area contributed by atoms with Crippen LogP contribution >= 0.6 is 11.6 Å². The zero-order chi connectivity index (χ0) is 18.9. The predicted molar refractivity (Wildman–Crippen MR) is 96.2 cm³/mol. The van der Waals surface area contributed by atoms with Gasteiger partial charge in [-0.05, 0) is 29.7 Å². The lowest BCUT2D eigenvalue weighted by atomic mass is 9.87. The van der Waals surface area contributed by atoms with E-state index < -0.39 is 29.0 Å². The summed E-state index contributed by atoms with van der Waals surface area (Å²) in [6.07, 6.45) is 1.57. The second kappa shape index (κ2) is 6.68. The molecule has 1 atom stereocenters. The molecule has 2 aromatic rings. The van der Waals surface area contributed by atoms with Gasteiger partial charge in [-0.25, -0.2) is 4.79 Å². The highest BCUT2D eigenvalue weighted by molar-refractivity contribution is 6.32. The number of imide groups is 1. The molecule has 0 aliphatic carbocycles. The Morgan fingerprint density at radius 3 is 2.54 bits per heavy atom. The van der Waals surface area contributed by atoms with Gasteiger partial charge in [-0.3, -0.25) is 4.79 Å². The maximum Gasteiger partial charge on any atom is 0.346 e. The Morgan fingerprint density at radius 2 is 1.92 bits per heavy atom. The number of nitrogens with one attached hydrogen (secondary N) is 1. The molecule has 3 N–H and O–H groups in total. The van der Waals surface area contributed by atoms with Gasteiger partial charge < -0.3 is 15.5 Å². The summed E-state index contributed by atoms with van der Waals surface area (Å²) in [5.41, 5.74) is -0.187. The molecule has 3 amide bonds. The summed E-state index contributed by atoms with van der Waals surface area (Å²) in [6.45, 7) is 1.80. The third-order valence-corrected chi connectivity index (χ3v) is 4.54. The van der Waals surface area contributed by atoms with E-state index in [1.54, 1.807) is 31.2 Å². The number of carbonyl (C=O) groups is 2. The van der Waals surface area contributed by atoms with E-state index in [1.807, 2.05) is 6.07 Å². The zero-order valence-electron chi connectivity index (χ0n) is 13.8. The van der Waals surface area contributed by atoms with E-state index in [4.69, 9.17) is 11.6 Å². The Labute approximate surface area is 154 Å². The molecule has 0 spiro atoms. The fourth-order valence-electron chi connectivity index (χ4n) is 2.83. The molecule has 26 heavy (non-hydrogen) atoms. The van der Waals surface area contributed by atoms with E-state index in [2.05, 4.69) is 10.4 Å². The van der Waals surface area contributed by atoms with Crippen LogP contribution in [0.5, 0.6) is 11.5 Å². The summed E-state index contributed by atoms with van der Waals surface area (Å²) < 4.78 is 0. The highest BCUT2D eigenvalue weighted by Gasteiger charge is 2.51. The maximum atomic E-state index is 12.9. The standard InChI is InChI=1S/C18H16ClN3O4/c1-2-18(12-6-4-3-5-7-12)16(25)22(17(26)21-18)20-10-11-8-13(19)15(24)14(23)9-11/h3-10,23-24H,2H2,1H3,(H,21,26)/b20-10+/t18-/m1/s1. The smallest absolute Gasteiger partial charge is 0.346 e. The Morgan fingerprint density at radius 1 is 1.23 bits per heavy atom. The summed E-state index contributed by atoms with van der Waals surface area (Å²) >= 11 is 5.79. The van der Waals surface area contributed by atoms with Crippen molar-refractivity contribution >= 4 is 29.8 Å². The molecule has 0 aromatic heterocycles. The number of urea groups is 1. The van der Waals surface area contributed by atoms with Crippen LogP contribution in [0.25, 0.3) is 0 Å². The van der Waals surface area contributed by atoms with Crippen molar-refractivity contribution in [3.05, 3.63) is 58.6 Å². The molecule has 2 aromatic carbocycles. The lowest BCUT2D eigenvalue weighted by Crippen LogP contribution is -2.43. The monoisotopic (exact) mass is 373 g/mol. The average Bonchev–Trinajstić information content (AvgIpc) is 2.89. The SMILES string of the molecule is CC[C@]1(c2ccccc2)NC(=O)N(/N=C/c2cc(O)c(O)c(Cl)c2)C1=O. The van der Waals surface area contributed by atoms with E-state index in [9.17, 15) is 19.8 Å². The number of phenolic OH excluding ortho intramolecular Hbond substituents is 2. The van der Waals surface area contributed by atoms with Crippen molar-refractivity contribution in [1.29, 1.82) is 0 Å². The van der Waals surface area contributed by atoms with Crippen LogP contribution in [0.4, 0.5) is 4.79 Å². The number of halogens is 1. The molecular weight excluding hydrogens is 358 g/mol. The number of carbonyl (C=O) groups excluding carboxylic acids is 2. The van der Waals surface area contributed by atoms with Crippen molar-refractivity contribution < 1.29 is 19.8 Å². The molecule has 0 radical (unpaired) electrons. The van der Waals surface area contributed by atoms with Gasteiger partial charge in [-0.2, -0.15) is 5.10 Å². The summed E-state index contributed by atoms with van der Waals surface area (Å²) in [5, 5.41) is 26.4. The van der Waals surface area contributed by atoms with Gasteiger partial charge in [0.05, 0.1) is 11.2 Å². The Balaban J connectivity index is 1.92. The Hall–Kier alpha value is -3.06. The highest BCUT2D eigenvalue weighted by Crippen LogP contribution is 2.34. The third kappa shape index (κ3) is 2.86. The molecule has 8 heteroatoms. The number of hydrazone groups is 1. The summed E-state index contributed by atoms with van der Waals surface area (Å²) in [7, 11) is 0. The number of hydrogen-bond acceptors (Lipinski definition) is 5. The first-order valence-electron chi connectivity index (χ1n) is 7.86. The minimum atomic E-state index is -1.18. The van der Waals surface area contributed by atoms with E-state index in [0.717, 1.165) is 5.01 Å². The zero-order valence-corrected chi connectivity index (χ0v) is 14.6. The van der Waals surface area contributed by atoms with E-state index >= 15 is 0 Å². The van der Waals surface area contributed by atoms with Crippen LogP contribution < -0.4 is 5.32 Å². The molecule has 1 heterocycles. The molecule has 0 bridgehead atoms. The molecule has 3 rings (SSSR count). The van der Waals surface area contributed by atoms with Gasteiger partial charge in [0.1, 0.15) is 5.54 Å². The quantitative estimate of drug-likeness (QED) is 0.435. The number of amides is 3. The number of hydrogen-bond donors (Lipinski definition) is 3. The molecule has 1 saturated heterocycles. The molecule has 0 saturated carbocycles. The number of aromatic hydroxyl groups is 2. The lowest BCUT2D eigenvalue weighted by Gasteiger charge is -2.24. The van der Waals surface area contributed by atoms with Crippen molar-refractivity contribution in [1.82, 2.24) is 10.3 Å². The molecule has 1 aliphatic rings. The lowest BCUT2D eigenvalue weighted by molar-refractivity contribution is -0.131. The fourth-order valence-corrected chi connectivity index (χ4v) is 3.06. The highest BCUT2D eigenvalue weighted by atomic mass is 35.5. The second-order valence-electron chi connectivity index (χ2n) is 5.79. The Kier molecular flexibility index (Phi) is 4.56. The van der Waals surface area contributed by atoms with E-state index in [1.165, 1.54) is 18.3 Å². The first kappa shape index (κ1) is 17.8. The third-order valence-electron chi connectivity index (χ3n) is 4.25. The number of phenols is 2. The van der Waals surface area contributed by atoms with Gasteiger partial charge >= 0.3 is 6.03 Å². The summed E-state index contributed by atoms with van der Waals surface area (Å²) in [5.74, 6) is -1.38. The van der Waals surface area contributed by atoms with Crippen LogP contribution in [-0.4, -0.2) is 33.4 Å². The maximum absolute atomic E-state index is 12.9. The van der Waals surface area contributed by atoms with Crippen molar-refractivity contribution in [2.24, 2.45) is 5.10 Å². The van der Waals surface area contributed by atoms with E-state index in [0.29, 0.717) is 17.5 Å². The first-order valence-corrected chi connectivity index (χ1v) is 8.24. The fraction of sp³-hybridized carbons (Fsp3) is 0.167. The largest absolute Gasteiger partial charge is 0.504 e. The molecule has 134 valence electrons. The summed E-state index contributed by atoms with van der Waals surface area (Å²) in [6, 6.07) is 10.9. The van der Waals surface area contributed by atoms with Crippen LogP contribution in [0, 0.1) is 0 Å². The normalized spacial score (nSPS) is 20.0. The molecule has 1 fully saturated rings. The minimum Gasteiger partial charge on any atom is -0.504 e. The Bertz CT molecular complexity index is 878. The van der Waals surface area contributed by atoms with Gasteiger partial charge in [-0.15, -0.1) is 5.01 Å². The molecule has 7 nitrogen and oxygen atoms in total. The van der Waals surface area contributed by atoms with Gasteiger partial charge in [-0.1, -0.05) is 48.9 Å². The topological polar surface area (TPSA) is 102 Å². The van der Waals surface area contributed by atoms with Crippen LogP contribution in [0.1, 0.15) is 24.5 Å². The van der Waals surface area contributed by atoms with Crippen LogP contribution in [0.3, 0.4) is 0 Å². The first-order chi connectivity index (χ1) is 12.4. The molecule has 1 aliphatic heterocycles. The number of rotatable bonds is 4. The van der Waals surface area contributed by atoms with E-state index in [-0.39, 0.29) is 5.02 Å². The van der Waals surface area contributed by atoms with Crippen LogP contribution in [0.2, 0.25) is 5.02 Å². The van der Waals surface area contributed by atoms with Crippen molar-refractivity contribution in [2.75, 3.05) is 0 Å². The van der Waals surface area contributed by atoms with Crippen LogP contribution in [0.15, 0.2) is 47.6 Å². The number of benzene rings is 2. The van der Waals surface area contributed by atoms with Crippen LogP contribution in [-0.2, 0) is 10.3 Å². The van der Waals surface area contributed by atoms with Gasteiger partial charge in [0, 0.05) is 0 Å². The van der Waals surface area contributed by atoms with Gasteiger partial charge in [0.15, 0.2) is 11.5 Å². The van der Waals surface area contributed by atoms with Crippen molar-refractivity contribution in [3.8, 4) is 11.5 Å². The minimum absolute atomic E-state index is 0.0733. The predicted octanol–water partition coefficient (Wildman–Crippen LogP) is 2.94. The van der Waals surface area contributed by atoms with Crippen molar-refractivity contribution in [3.63, 3.8) is 0 Å². The second-order valence-corrected chi connectivity index (χ2v) is 6.19. The van der Waals surface area contributed by atoms with Gasteiger partial charge in [0.25, 0.3) is 5.91 Å². The van der Waals surface area contributed by atoms with Crippen molar-refractivity contribution in [2.45, 2.75) is 18.9 Å². The summed E-state index contributed by atoms with van der Waals surface area (Å²) in [4.78, 5) is 25.2. The molecule has 0 unspecified atom stereocenters. The average molecular weight is 374 g/mol. The van der Waals surface area contributed by atoms with Gasteiger partial charge in [0.2, 0.25) is 0 Å². The number of nitrogens with zero attached hydrogens (tertiary/aromatic N) is 2.